The fourth-order valence-corrected chi connectivity index (χ4v) is 1.85. The van der Waals surface area contributed by atoms with Crippen LogP contribution in [-0.2, 0) is 4.74 Å². The molecule has 0 aromatic carbocycles. The third-order valence-electron chi connectivity index (χ3n) is 2.85. The van der Waals surface area contributed by atoms with E-state index in [4.69, 9.17) is 4.74 Å². The van der Waals surface area contributed by atoms with Gasteiger partial charge in [0, 0.05) is 32.3 Å². The van der Waals surface area contributed by atoms with Crippen LogP contribution in [0.15, 0.2) is 12.3 Å². The molecule has 3 heteroatoms. The molecular formula is C10H20N2O. The summed E-state index contributed by atoms with van der Waals surface area (Å²) in [5.74, 6) is 0. The van der Waals surface area contributed by atoms with Crippen molar-refractivity contribution in [3.05, 3.63) is 12.3 Å². The molecule has 1 rings (SSSR count). The van der Waals surface area contributed by atoms with Gasteiger partial charge in [-0.25, -0.2) is 0 Å². The molecule has 1 heterocycles. The maximum Gasteiger partial charge on any atom is 0.0666 e. The van der Waals surface area contributed by atoms with Crippen LogP contribution < -0.4 is 5.32 Å². The Morgan fingerprint density at radius 3 is 2.92 bits per heavy atom. The van der Waals surface area contributed by atoms with Gasteiger partial charge < -0.3 is 15.0 Å². The summed E-state index contributed by atoms with van der Waals surface area (Å²) < 4.78 is 5.18. The van der Waals surface area contributed by atoms with Gasteiger partial charge in [0.1, 0.15) is 0 Å². The van der Waals surface area contributed by atoms with Crippen LogP contribution in [0.4, 0.5) is 0 Å². The summed E-state index contributed by atoms with van der Waals surface area (Å²) in [5.41, 5.74) is 1.20. The van der Waals surface area contributed by atoms with Crippen LogP contribution in [0.25, 0.3) is 0 Å². The number of nitrogens with zero attached hydrogens (tertiary/aromatic N) is 1. The molecule has 3 nitrogen and oxygen atoms in total. The van der Waals surface area contributed by atoms with Gasteiger partial charge in [-0.2, -0.15) is 0 Å². The van der Waals surface area contributed by atoms with Crippen molar-refractivity contribution >= 4 is 0 Å². The molecule has 1 aliphatic heterocycles. The monoisotopic (exact) mass is 184 g/mol. The summed E-state index contributed by atoms with van der Waals surface area (Å²) in [5, 5.41) is 3.30. The van der Waals surface area contributed by atoms with E-state index in [1.807, 2.05) is 7.05 Å². The maximum atomic E-state index is 5.18. The zero-order valence-electron chi connectivity index (χ0n) is 8.84. The van der Waals surface area contributed by atoms with E-state index in [0.29, 0.717) is 12.1 Å². The van der Waals surface area contributed by atoms with Crippen LogP contribution in [0.1, 0.15) is 12.8 Å². The zero-order chi connectivity index (χ0) is 9.84. The van der Waals surface area contributed by atoms with Gasteiger partial charge in [0.25, 0.3) is 0 Å². The minimum atomic E-state index is 0.476. The van der Waals surface area contributed by atoms with E-state index in [1.54, 1.807) is 7.11 Å². The fraction of sp³-hybridized carbons (Fsp3) is 0.800. The van der Waals surface area contributed by atoms with Crippen molar-refractivity contribution in [1.29, 1.82) is 0 Å². The van der Waals surface area contributed by atoms with E-state index in [9.17, 15) is 0 Å². The van der Waals surface area contributed by atoms with E-state index in [2.05, 4.69) is 23.8 Å². The minimum absolute atomic E-state index is 0.476. The standard InChI is InChI=1S/C10H20N2O/c1-8-5-9(11-2)6-10(7-13-4)12(8)3/h9-11H,1,5-7H2,2-4H3/t9?,10-/m1/s1. The van der Waals surface area contributed by atoms with Gasteiger partial charge in [0.2, 0.25) is 0 Å². The van der Waals surface area contributed by atoms with E-state index >= 15 is 0 Å². The Balaban J connectivity index is 2.55. The van der Waals surface area contributed by atoms with Crippen molar-refractivity contribution < 1.29 is 4.74 Å². The highest BCUT2D eigenvalue weighted by atomic mass is 16.5. The van der Waals surface area contributed by atoms with E-state index in [0.717, 1.165) is 19.4 Å². The van der Waals surface area contributed by atoms with Gasteiger partial charge in [-0.3, -0.25) is 0 Å². The van der Waals surface area contributed by atoms with E-state index in [-0.39, 0.29) is 0 Å². The average Bonchev–Trinajstić information content (AvgIpc) is 2.13. The lowest BCUT2D eigenvalue weighted by Crippen LogP contribution is -2.46. The van der Waals surface area contributed by atoms with Crippen LogP contribution in [0.5, 0.6) is 0 Å². The molecule has 13 heavy (non-hydrogen) atoms. The molecule has 1 aliphatic rings. The molecule has 0 spiro atoms. The number of hydrogen-bond donors (Lipinski definition) is 1. The lowest BCUT2D eigenvalue weighted by atomic mass is 9.96. The Kier molecular flexibility index (Phi) is 3.75. The number of nitrogens with one attached hydrogen (secondary N) is 1. The average molecular weight is 184 g/mol. The molecule has 0 bridgehead atoms. The number of rotatable bonds is 3. The third-order valence-corrected chi connectivity index (χ3v) is 2.85. The number of piperidine rings is 1. The second-order valence-electron chi connectivity index (χ2n) is 3.71. The first-order valence-electron chi connectivity index (χ1n) is 4.75. The lowest BCUT2D eigenvalue weighted by Gasteiger charge is -2.39. The second kappa shape index (κ2) is 4.63. The first kappa shape index (κ1) is 10.5. The van der Waals surface area contributed by atoms with Crippen LogP contribution in [0.2, 0.25) is 0 Å². The highest BCUT2D eigenvalue weighted by Crippen LogP contribution is 2.23. The Morgan fingerprint density at radius 2 is 2.38 bits per heavy atom. The molecule has 0 aliphatic carbocycles. The molecule has 0 aromatic heterocycles. The van der Waals surface area contributed by atoms with Crippen LogP contribution in [-0.4, -0.2) is 44.8 Å². The predicted molar refractivity (Wildman–Crippen MR) is 54.6 cm³/mol. The number of ether oxygens (including phenoxy) is 1. The van der Waals surface area contributed by atoms with Gasteiger partial charge >= 0.3 is 0 Å². The van der Waals surface area contributed by atoms with Crippen molar-refractivity contribution in [2.75, 3.05) is 27.8 Å². The zero-order valence-corrected chi connectivity index (χ0v) is 8.84. The van der Waals surface area contributed by atoms with Crippen molar-refractivity contribution in [2.45, 2.75) is 24.9 Å². The van der Waals surface area contributed by atoms with E-state index in [1.165, 1.54) is 5.70 Å². The van der Waals surface area contributed by atoms with Crippen molar-refractivity contribution in [2.24, 2.45) is 0 Å². The van der Waals surface area contributed by atoms with Gasteiger partial charge in [0.15, 0.2) is 0 Å². The first-order valence-corrected chi connectivity index (χ1v) is 4.75. The Bertz CT molecular complexity index is 182. The SMILES string of the molecule is C=C1CC(NC)C[C@H](COC)N1C. The normalized spacial score (nSPS) is 29.5. The molecule has 1 fully saturated rings. The van der Waals surface area contributed by atoms with Crippen LogP contribution >= 0.6 is 0 Å². The number of likely N-dealkylation sites (N-methyl/N-ethyl adjacent to an activating group) is 1. The van der Waals surface area contributed by atoms with Gasteiger partial charge in [-0.05, 0) is 13.5 Å². The van der Waals surface area contributed by atoms with Crippen molar-refractivity contribution in [1.82, 2.24) is 10.2 Å². The second-order valence-corrected chi connectivity index (χ2v) is 3.71. The molecule has 0 aromatic rings. The maximum absolute atomic E-state index is 5.18. The summed E-state index contributed by atoms with van der Waals surface area (Å²) >= 11 is 0. The molecule has 0 saturated carbocycles. The highest BCUT2D eigenvalue weighted by molar-refractivity contribution is 5.04. The lowest BCUT2D eigenvalue weighted by molar-refractivity contribution is 0.0948. The predicted octanol–water partition coefficient (Wildman–Crippen LogP) is 0.829. The molecule has 0 amide bonds. The van der Waals surface area contributed by atoms with E-state index < -0.39 is 0 Å². The van der Waals surface area contributed by atoms with Gasteiger partial charge in [-0.1, -0.05) is 6.58 Å². The van der Waals surface area contributed by atoms with Crippen LogP contribution in [0.3, 0.4) is 0 Å². The summed E-state index contributed by atoms with van der Waals surface area (Å²) in [4.78, 5) is 2.23. The van der Waals surface area contributed by atoms with Gasteiger partial charge in [0.05, 0.1) is 12.6 Å². The summed E-state index contributed by atoms with van der Waals surface area (Å²) in [6, 6.07) is 1.03. The Labute approximate surface area is 80.8 Å². The molecule has 1 saturated heterocycles. The third kappa shape index (κ3) is 2.45. The summed E-state index contributed by atoms with van der Waals surface area (Å²) in [6.45, 7) is 4.84. The Morgan fingerprint density at radius 1 is 1.69 bits per heavy atom. The smallest absolute Gasteiger partial charge is 0.0666 e. The molecule has 76 valence electrons. The topological polar surface area (TPSA) is 24.5 Å². The quantitative estimate of drug-likeness (QED) is 0.703. The Hall–Kier alpha value is -0.540. The first-order chi connectivity index (χ1) is 6.19. The largest absolute Gasteiger partial charge is 0.383 e. The number of likely N-dealkylation sites (tertiary alicyclic amines) is 1. The van der Waals surface area contributed by atoms with Crippen LogP contribution in [0, 0.1) is 0 Å². The molecular weight excluding hydrogens is 164 g/mol. The summed E-state index contributed by atoms with van der Waals surface area (Å²) in [7, 11) is 5.85. The van der Waals surface area contributed by atoms with Crippen molar-refractivity contribution in [3.63, 3.8) is 0 Å². The summed E-state index contributed by atoms with van der Waals surface area (Å²) in [6.07, 6.45) is 2.19. The number of methoxy groups -OCH3 is 1. The molecule has 2 atom stereocenters. The molecule has 0 radical (unpaired) electrons. The molecule has 1 unspecified atom stereocenters. The van der Waals surface area contributed by atoms with Crippen molar-refractivity contribution in [3.8, 4) is 0 Å². The molecule has 1 N–H and O–H groups in total. The highest BCUT2D eigenvalue weighted by Gasteiger charge is 2.26. The fourth-order valence-electron chi connectivity index (χ4n) is 1.85. The van der Waals surface area contributed by atoms with Gasteiger partial charge in [-0.15, -0.1) is 0 Å². The number of hydrogen-bond acceptors (Lipinski definition) is 3. The minimum Gasteiger partial charge on any atom is -0.383 e.